The van der Waals surface area contributed by atoms with Crippen molar-refractivity contribution >= 4 is 24.0 Å². The summed E-state index contributed by atoms with van der Waals surface area (Å²) in [5.41, 5.74) is 1.47. The summed E-state index contributed by atoms with van der Waals surface area (Å²) in [4.78, 5) is 25.0. The molecule has 0 radical (unpaired) electrons. The maximum Gasteiger partial charge on any atom is 0.295 e. The molecule has 24 heavy (non-hydrogen) atoms. The number of morpholine rings is 1. The Hall–Kier alpha value is -2.09. The fourth-order valence-corrected chi connectivity index (χ4v) is 2.65. The number of hydrogen-bond donors (Lipinski definition) is 2. The Balaban J connectivity index is 0.00000208. The topological polar surface area (TPSA) is 77.3 Å². The van der Waals surface area contributed by atoms with Crippen LogP contribution in [0.4, 0.5) is 5.69 Å². The van der Waals surface area contributed by atoms with E-state index in [0.29, 0.717) is 18.8 Å². The van der Waals surface area contributed by atoms with E-state index in [1.165, 1.54) is 4.68 Å². The van der Waals surface area contributed by atoms with Crippen molar-refractivity contribution in [3.05, 3.63) is 46.4 Å². The minimum atomic E-state index is -0.576. The van der Waals surface area contributed by atoms with E-state index in [1.807, 2.05) is 30.3 Å². The number of carbonyl (C=O) groups excluding carboxylic acids is 1. The molecule has 7 nitrogen and oxygen atoms in total. The number of anilines is 1. The molecule has 2 N–H and O–H groups in total. The van der Waals surface area contributed by atoms with Crippen molar-refractivity contribution in [1.82, 2.24) is 14.7 Å². The first-order valence-electron chi connectivity index (χ1n) is 7.57. The summed E-state index contributed by atoms with van der Waals surface area (Å²) >= 11 is 0. The van der Waals surface area contributed by atoms with Crippen molar-refractivity contribution in [3.63, 3.8) is 0 Å². The first-order chi connectivity index (χ1) is 11.1. The first kappa shape index (κ1) is 18.3. The number of ether oxygens (including phenoxy) is 1. The van der Waals surface area contributed by atoms with Gasteiger partial charge >= 0.3 is 0 Å². The SMILES string of the molecule is Cc1c(NC(=O)C2CNCCO2)c(=O)n(-c2ccccc2)n1C.Cl. The molecular weight excluding hydrogens is 332 g/mol. The second-order valence-corrected chi connectivity index (χ2v) is 5.49. The number of hydrogen-bond acceptors (Lipinski definition) is 4. The lowest BCUT2D eigenvalue weighted by molar-refractivity contribution is -0.128. The molecule has 0 bridgehead atoms. The fraction of sp³-hybridized carbons (Fsp3) is 0.375. The molecule has 1 saturated heterocycles. The molecule has 1 aromatic carbocycles. The Morgan fingerprint density at radius 2 is 2.04 bits per heavy atom. The summed E-state index contributed by atoms with van der Waals surface area (Å²) in [5.74, 6) is -0.303. The molecule has 0 saturated carbocycles. The zero-order valence-electron chi connectivity index (χ0n) is 13.6. The molecule has 130 valence electrons. The Kier molecular flexibility index (Phi) is 5.82. The minimum absolute atomic E-state index is 0. The lowest BCUT2D eigenvalue weighted by atomic mass is 10.2. The van der Waals surface area contributed by atoms with Crippen LogP contribution in [0.3, 0.4) is 0 Å². The van der Waals surface area contributed by atoms with Crippen molar-refractivity contribution in [1.29, 1.82) is 0 Å². The van der Waals surface area contributed by atoms with Crippen molar-refractivity contribution in [3.8, 4) is 5.69 Å². The number of benzene rings is 1. The third kappa shape index (κ3) is 3.38. The van der Waals surface area contributed by atoms with Crippen LogP contribution in [-0.4, -0.2) is 41.1 Å². The number of halogens is 1. The number of amides is 1. The van der Waals surface area contributed by atoms with Gasteiger partial charge in [0.1, 0.15) is 11.8 Å². The van der Waals surface area contributed by atoms with Gasteiger partial charge in [-0.3, -0.25) is 14.3 Å². The van der Waals surface area contributed by atoms with E-state index < -0.39 is 6.10 Å². The zero-order valence-corrected chi connectivity index (χ0v) is 14.4. The van der Waals surface area contributed by atoms with Gasteiger partial charge in [-0.2, -0.15) is 0 Å². The predicted octanol–water partition coefficient (Wildman–Crippen LogP) is 0.833. The van der Waals surface area contributed by atoms with Gasteiger partial charge in [-0.1, -0.05) is 18.2 Å². The molecule has 2 heterocycles. The number of para-hydroxylation sites is 1. The quantitative estimate of drug-likeness (QED) is 0.858. The highest BCUT2D eigenvalue weighted by Crippen LogP contribution is 2.14. The van der Waals surface area contributed by atoms with Gasteiger partial charge < -0.3 is 15.4 Å². The van der Waals surface area contributed by atoms with Gasteiger partial charge in [0.2, 0.25) is 0 Å². The maximum atomic E-state index is 12.7. The van der Waals surface area contributed by atoms with Gasteiger partial charge in [0.05, 0.1) is 18.0 Å². The van der Waals surface area contributed by atoms with Crippen LogP contribution in [0.2, 0.25) is 0 Å². The molecule has 8 heteroatoms. The summed E-state index contributed by atoms with van der Waals surface area (Å²) in [6.07, 6.45) is -0.576. The van der Waals surface area contributed by atoms with Gasteiger partial charge in [-0.15, -0.1) is 12.4 Å². The highest BCUT2D eigenvalue weighted by Gasteiger charge is 2.25. The molecule has 2 aromatic rings. The molecule has 0 spiro atoms. The van der Waals surface area contributed by atoms with Crippen molar-refractivity contribution in [2.24, 2.45) is 7.05 Å². The van der Waals surface area contributed by atoms with Crippen LogP contribution < -0.4 is 16.2 Å². The van der Waals surface area contributed by atoms with Crippen molar-refractivity contribution in [2.75, 3.05) is 25.0 Å². The molecule has 3 rings (SSSR count). The molecule has 1 aliphatic heterocycles. The number of nitrogens with one attached hydrogen (secondary N) is 2. The van der Waals surface area contributed by atoms with Gasteiger partial charge in [0.15, 0.2) is 0 Å². The van der Waals surface area contributed by atoms with E-state index in [1.54, 1.807) is 18.7 Å². The van der Waals surface area contributed by atoms with Crippen LogP contribution in [0, 0.1) is 6.92 Å². The number of rotatable bonds is 3. The van der Waals surface area contributed by atoms with Crippen LogP contribution in [0.25, 0.3) is 5.69 Å². The molecular formula is C16H21ClN4O3. The Morgan fingerprint density at radius 1 is 1.33 bits per heavy atom. The van der Waals surface area contributed by atoms with Crippen LogP contribution in [-0.2, 0) is 16.6 Å². The third-order valence-electron chi connectivity index (χ3n) is 4.02. The minimum Gasteiger partial charge on any atom is -0.366 e. The lowest BCUT2D eigenvalue weighted by Crippen LogP contribution is -2.45. The van der Waals surface area contributed by atoms with Crippen LogP contribution in [0.15, 0.2) is 35.1 Å². The second-order valence-electron chi connectivity index (χ2n) is 5.49. The zero-order chi connectivity index (χ0) is 16.4. The fourth-order valence-electron chi connectivity index (χ4n) is 2.65. The first-order valence-corrected chi connectivity index (χ1v) is 7.57. The number of carbonyl (C=O) groups is 1. The summed E-state index contributed by atoms with van der Waals surface area (Å²) in [6.45, 7) is 3.47. The largest absolute Gasteiger partial charge is 0.366 e. The molecule has 1 aromatic heterocycles. The average molecular weight is 353 g/mol. The van der Waals surface area contributed by atoms with Gasteiger partial charge in [-0.25, -0.2) is 4.68 Å². The molecule has 1 unspecified atom stereocenters. The van der Waals surface area contributed by atoms with E-state index in [-0.39, 0.29) is 29.6 Å². The van der Waals surface area contributed by atoms with Gasteiger partial charge in [0, 0.05) is 20.1 Å². The number of aromatic nitrogens is 2. The van der Waals surface area contributed by atoms with E-state index in [9.17, 15) is 9.59 Å². The lowest BCUT2D eigenvalue weighted by Gasteiger charge is -2.22. The average Bonchev–Trinajstić information content (AvgIpc) is 2.80. The van der Waals surface area contributed by atoms with Crippen LogP contribution >= 0.6 is 12.4 Å². The van der Waals surface area contributed by atoms with E-state index in [0.717, 1.165) is 12.2 Å². The normalized spacial score (nSPS) is 17.2. The maximum absolute atomic E-state index is 12.7. The second kappa shape index (κ2) is 7.65. The van der Waals surface area contributed by atoms with Crippen LogP contribution in [0.5, 0.6) is 0 Å². The molecule has 1 amide bonds. The van der Waals surface area contributed by atoms with E-state index >= 15 is 0 Å². The number of nitrogens with zero attached hydrogens (tertiary/aromatic N) is 2. The molecule has 1 aliphatic rings. The molecule has 1 atom stereocenters. The Labute approximate surface area is 146 Å². The van der Waals surface area contributed by atoms with Crippen molar-refractivity contribution in [2.45, 2.75) is 13.0 Å². The van der Waals surface area contributed by atoms with E-state index in [4.69, 9.17) is 4.74 Å². The monoisotopic (exact) mass is 352 g/mol. The Bertz CT molecular complexity index is 764. The van der Waals surface area contributed by atoms with E-state index in [2.05, 4.69) is 10.6 Å². The summed E-state index contributed by atoms with van der Waals surface area (Å²) in [7, 11) is 1.79. The van der Waals surface area contributed by atoms with Gasteiger partial charge in [-0.05, 0) is 19.1 Å². The van der Waals surface area contributed by atoms with Gasteiger partial charge in [0.25, 0.3) is 11.5 Å². The summed E-state index contributed by atoms with van der Waals surface area (Å²) in [6, 6.07) is 9.31. The van der Waals surface area contributed by atoms with Crippen molar-refractivity contribution < 1.29 is 9.53 Å². The predicted molar refractivity (Wildman–Crippen MR) is 94.2 cm³/mol. The summed E-state index contributed by atoms with van der Waals surface area (Å²) < 4.78 is 8.69. The molecule has 1 fully saturated rings. The smallest absolute Gasteiger partial charge is 0.295 e. The highest BCUT2D eigenvalue weighted by molar-refractivity contribution is 5.94. The summed E-state index contributed by atoms with van der Waals surface area (Å²) in [5, 5.41) is 5.82. The molecule has 0 aliphatic carbocycles. The standard InChI is InChI=1S/C16H20N4O3.ClH/c1-11-14(18-15(21)13-10-17-8-9-23-13)16(22)20(19(11)2)12-6-4-3-5-7-12;/h3-7,13,17H,8-10H2,1-2H3,(H,18,21);1H. The van der Waals surface area contributed by atoms with Crippen LogP contribution in [0.1, 0.15) is 5.69 Å². The highest BCUT2D eigenvalue weighted by atomic mass is 35.5. The Morgan fingerprint density at radius 3 is 2.67 bits per heavy atom. The third-order valence-corrected chi connectivity index (χ3v) is 4.02.